The highest BCUT2D eigenvalue weighted by molar-refractivity contribution is 7.92. The van der Waals surface area contributed by atoms with E-state index < -0.39 is 34.1 Å². The van der Waals surface area contributed by atoms with E-state index in [1.807, 2.05) is 20.8 Å². The second-order valence-corrected chi connectivity index (χ2v) is 13.0. The minimum absolute atomic E-state index is 0.0408. The zero-order valence-electron chi connectivity index (χ0n) is 23.0. The summed E-state index contributed by atoms with van der Waals surface area (Å²) in [6, 6.07) is 18.1. The molecule has 0 saturated carbocycles. The molecule has 3 aromatic rings. The van der Waals surface area contributed by atoms with Crippen molar-refractivity contribution in [2.75, 3.05) is 18.0 Å². The quantitative estimate of drug-likeness (QED) is 0.328. The Kier molecular flexibility index (Phi) is 10.1. The van der Waals surface area contributed by atoms with E-state index in [1.165, 1.54) is 42.3 Å². The molecule has 0 bridgehead atoms. The first-order valence-electron chi connectivity index (χ1n) is 12.5. The highest BCUT2D eigenvalue weighted by Crippen LogP contribution is 2.28. The third kappa shape index (κ3) is 8.13. The fraction of sp³-hybridized carbons (Fsp3) is 0.310. The van der Waals surface area contributed by atoms with Gasteiger partial charge in [0.25, 0.3) is 10.0 Å². The number of carbonyl (C=O) groups is 2. The number of amides is 2. The number of rotatable bonds is 10. The van der Waals surface area contributed by atoms with Crippen LogP contribution in [0.25, 0.3) is 0 Å². The van der Waals surface area contributed by atoms with Gasteiger partial charge in [-0.2, -0.15) is 0 Å². The van der Waals surface area contributed by atoms with E-state index in [2.05, 4.69) is 5.32 Å². The second kappa shape index (κ2) is 12.9. The topological polar surface area (TPSA) is 96.0 Å². The molecular formula is C29H33Cl2N3O5S. The van der Waals surface area contributed by atoms with E-state index in [0.717, 1.165) is 4.31 Å². The van der Waals surface area contributed by atoms with E-state index in [1.54, 1.807) is 49.4 Å². The van der Waals surface area contributed by atoms with Crippen molar-refractivity contribution in [1.29, 1.82) is 0 Å². The van der Waals surface area contributed by atoms with Gasteiger partial charge in [-0.15, -0.1) is 0 Å². The van der Waals surface area contributed by atoms with Crippen LogP contribution < -0.4 is 14.4 Å². The Morgan fingerprint density at radius 3 is 2.20 bits per heavy atom. The number of ether oxygens (including phenoxy) is 1. The van der Waals surface area contributed by atoms with Gasteiger partial charge in [0.1, 0.15) is 18.3 Å². The summed E-state index contributed by atoms with van der Waals surface area (Å²) in [6.45, 7) is 6.58. The van der Waals surface area contributed by atoms with Crippen LogP contribution in [-0.4, -0.2) is 50.4 Å². The molecule has 214 valence electrons. The van der Waals surface area contributed by atoms with Gasteiger partial charge in [0, 0.05) is 22.1 Å². The van der Waals surface area contributed by atoms with Crippen molar-refractivity contribution in [1.82, 2.24) is 10.2 Å². The van der Waals surface area contributed by atoms with E-state index in [0.29, 0.717) is 21.4 Å². The Balaban J connectivity index is 2.05. The maximum Gasteiger partial charge on any atom is 0.264 e. The van der Waals surface area contributed by atoms with Crippen molar-refractivity contribution in [3.05, 3.63) is 88.4 Å². The van der Waals surface area contributed by atoms with Gasteiger partial charge in [0.15, 0.2) is 0 Å². The van der Waals surface area contributed by atoms with Crippen LogP contribution in [0.4, 0.5) is 5.69 Å². The summed E-state index contributed by atoms with van der Waals surface area (Å²) in [6.07, 6.45) is 0. The number of hydrogen-bond donors (Lipinski definition) is 1. The summed E-state index contributed by atoms with van der Waals surface area (Å²) < 4.78 is 33.9. The third-order valence-electron chi connectivity index (χ3n) is 5.93. The third-order valence-corrected chi connectivity index (χ3v) is 8.20. The summed E-state index contributed by atoms with van der Waals surface area (Å²) >= 11 is 12.2. The van der Waals surface area contributed by atoms with Crippen LogP contribution in [0.3, 0.4) is 0 Å². The molecule has 40 heavy (non-hydrogen) atoms. The number of nitrogens with zero attached hydrogens (tertiary/aromatic N) is 2. The Bertz CT molecular complexity index is 1460. The number of sulfonamides is 1. The average Bonchev–Trinajstić information content (AvgIpc) is 2.89. The van der Waals surface area contributed by atoms with Crippen molar-refractivity contribution in [2.24, 2.45) is 0 Å². The predicted octanol–water partition coefficient (Wildman–Crippen LogP) is 5.53. The Labute approximate surface area is 245 Å². The van der Waals surface area contributed by atoms with Crippen LogP contribution in [0.5, 0.6) is 5.75 Å². The molecule has 3 aromatic carbocycles. The lowest BCUT2D eigenvalue weighted by atomic mass is 10.1. The summed E-state index contributed by atoms with van der Waals surface area (Å²) in [5, 5.41) is 3.56. The van der Waals surface area contributed by atoms with Crippen molar-refractivity contribution in [3.8, 4) is 5.75 Å². The number of methoxy groups -OCH3 is 1. The molecule has 1 N–H and O–H groups in total. The molecule has 11 heteroatoms. The van der Waals surface area contributed by atoms with Crippen LogP contribution in [0.15, 0.2) is 77.7 Å². The highest BCUT2D eigenvalue weighted by atomic mass is 35.5. The fourth-order valence-corrected chi connectivity index (χ4v) is 5.63. The van der Waals surface area contributed by atoms with E-state index >= 15 is 0 Å². The molecule has 0 fully saturated rings. The van der Waals surface area contributed by atoms with Crippen LogP contribution in [0.2, 0.25) is 10.0 Å². The molecule has 1 unspecified atom stereocenters. The lowest BCUT2D eigenvalue weighted by molar-refractivity contribution is -0.140. The fourth-order valence-electron chi connectivity index (χ4n) is 3.92. The molecule has 0 aliphatic heterocycles. The van der Waals surface area contributed by atoms with Crippen LogP contribution in [0.1, 0.15) is 33.3 Å². The number of halogens is 2. The van der Waals surface area contributed by atoms with Crippen LogP contribution in [0, 0.1) is 0 Å². The van der Waals surface area contributed by atoms with E-state index in [9.17, 15) is 18.0 Å². The molecule has 0 heterocycles. The highest BCUT2D eigenvalue weighted by Gasteiger charge is 2.33. The van der Waals surface area contributed by atoms with Gasteiger partial charge in [0.05, 0.1) is 17.7 Å². The largest absolute Gasteiger partial charge is 0.497 e. The SMILES string of the molecule is COc1cccc(CN(C(=O)CN(c2cccc(Cl)c2)S(=O)(=O)c2ccc(Cl)cc2)C(C)C(=O)NC(C)(C)C)c1. The molecular weight excluding hydrogens is 573 g/mol. The maximum absolute atomic E-state index is 14.0. The van der Waals surface area contributed by atoms with Gasteiger partial charge in [-0.05, 0) is 87.9 Å². The average molecular weight is 607 g/mol. The molecule has 0 radical (unpaired) electrons. The number of carbonyl (C=O) groups excluding carboxylic acids is 2. The van der Waals surface area contributed by atoms with Gasteiger partial charge in [-0.3, -0.25) is 13.9 Å². The van der Waals surface area contributed by atoms with Gasteiger partial charge in [0.2, 0.25) is 11.8 Å². The summed E-state index contributed by atoms with van der Waals surface area (Å²) in [7, 11) is -2.69. The number of nitrogens with one attached hydrogen (secondary N) is 1. The van der Waals surface area contributed by atoms with Crippen molar-refractivity contribution >= 4 is 50.7 Å². The first kappa shape index (κ1) is 31.3. The molecule has 0 saturated heterocycles. The Hall–Kier alpha value is -3.27. The Morgan fingerprint density at radius 1 is 0.950 bits per heavy atom. The first-order chi connectivity index (χ1) is 18.7. The lowest BCUT2D eigenvalue weighted by Crippen LogP contribution is -2.54. The standard InChI is InChI=1S/C29H33Cl2N3O5S/c1-20(28(36)32-29(2,3)4)33(18-21-8-6-11-25(16-21)39-5)27(35)19-34(24-10-7-9-23(31)17-24)40(37,38)26-14-12-22(30)13-15-26/h6-17,20H,18-19H2,1-5H3,(H,32,36). The van der Waals surface area contributed by atoms with E-state index in [4.69, 9.17) is 27.9 Å². The van der Waals surface area contributed by atoms with Crippen molar-refractivity contribution < 1.29 is 22.7 Å². The zero-order valence-corrected chi connectivity index (χ0v) is 25.3. The van der Waals surface area contributed by atoms with Gasteiger partial charge >= 0.3 is 0 Å². The van der Waals surface area contributed by atoms with Crippen LogP contribution >= 0.6 is 23.2 Å². The lowest BCUT2D eigenvalue weighted by Gasteiger charge is -2.33. The summed E-state index contributed by atoms with van der Waals surface area (Å²) in [5.41, 5.74) is 0.364. The number of hydrogen-bond acceptors (Lipinski definition) is 5. The number of benzene rings is 3. The maximum atomic E-state index is 14.0. The second-order valence-electron chi connectivity index (χ2n) is 10.2. The van der Waals surface area contributed by atoms with Gasteiger partial charge in [-0.25, -0.2) is 8.42 Å². The minimum atomic E-state index is -4.23. The molecule has 0 aliphatic rings. The Morgan fingerprint density at radius 2 is 1.60 bits per heavy atom. The monoisotopic (exact) mass is 605 g/mol. The zero-order chi connectivity index (χ0) is 29.7. The minimum Gasteiger partial charge on any atom is -0.497 e. The predicted molar refractivity (Wildman–Crippen MR) is 158 cm³/mol. The van der Waals surface area contributed by atoms with Crippen LogP contribution in [-0.2, 0) is 26.2 Å². The normalized spacial score (nSPS) is 12.4. The molecule has 2 amide bonds. The van der Waals surface area contributed by atoms with Gasteiger partial charge in [-0.1, -0.05) is 41.4 Å². The molecule has 3 rings (SSSR count). The molecule has 0 aromatic heterocycles. The first-order valence-corrected chi connectivity index (χ1v) is 14.7. The molecule has 1 atom stereocenters. The molecule has 8 nitrogen and oxygen atoms in total. The summed E-state index contributed by atoms with van der Waals surface area (Å²) in [4.78, 5) is 28.4. The van der Waals surface area contributed by atoms with E-state index in [-0.39, 0.29) is 23.0 Å². The van der Waals surface area contributed by atoms with Crippen molar-refractivity contribution in [2.45, 2.75) is 50.7 Å². The number of anilines is 1. The van der Waals surface area contributed by atoms with Crippen molar-refractivity contribution in [3.63, 3.8) is 0 Å². The summed E-state index contributed by atoms with van der Waals surface area (Å²) in [5.74, 6) is -0.377. The smallest absolute Gasteiger partial charge is 0.264 e. The molecule has 0 spiro atoms. The van der Waals surface area contributed by atoms with Gasteiger partial charge < -0.3 is 15.0 Å². The molecule has 0 aliphatic carbocycles.